The summed E-state index contributed by atoms with van der Waals surface area (Å²) in [6, 6.07) is 14.6. The summed E-state index contributed by atoms with van der Waals surface area (Å²) in [7, 11) is 3.27. The van der Waals surface area contributed by atoms with E-state index in [4.69, 9.17) is 23.7 Å². The number of phenolic OH excluding ortho intramolecular Hbond substituents is 1. The second kappa shape index (κ2) is 11.8. The van der Waals surface area contributed by atoms with Crippen molar-refractivity contribution in [1.29, 1.82) is 0 Å². The van der Waals surface area contributed by atoms with Gasteiger partial charge in [0.1, 0.15) is 34.9 Å². The molecule has 3 N–H and O–H groups in total. The Balaban J connectivity index is 1.37. The molecule has 3 aromatic rings. The van der Waals surface area contributed by atoms with Crippen LogP contribution in [0.5, 0.6) is 28.7 Å². The van der Waals surface area contributed by atoms with Gasteiger partial charge in [-0.05, 0) is 67.6 Å². The van der Waals surface area contributed by atoms with E-state index in [9.17, 15) is 15.3 Å². The summed E-state index contributed by atoms with van der Waals surface area (Å²) < 4.78 is 29.8. The Hall–Kier alpha value is -3.46. The number of aromatic hydroxyl groups is 1. The molecule has 3 aromatic carbocycles. The van der Waals surface area contributed by atoms with Crippen LogP contribution in [0, 0.1) is 11.8 Å². The summed E-state index contributed by atoms with van der Waals surface area (Å²) in [5.74, 6) is 2.04. The highest BCUT2D eigenvalue weighted by atomic mass is 16.5. The van der Waals surface area contributed by atoms with Gasteiger partial charge < -0.3 is 39.0 Å². The van der Waals surface area contributed by atoms with Crippen molar-refractivity contribution >= 4 is 0 Å². The van der Waals surface area contributed by atoms with Gasteiger partial charge in [-0.3, -0.25) is 0 Å². The first-order valence-corrected chi connectivity index (χ1v) is 14.4. The third-order valence-corrected chi connectivity index (χ3v) is 8.66. The number of ether oxygens (including phenoxy) is 5. The van der Waals surface area contributed by atoms with Gasteiger partial charge in [-0.15, -0.1) is 0 Å². The summed E-state index contributed by atoms with van der Waals surface area (Å²) in [6.45, 7) is 1.46. The van der Waals surface area contributed by atoms with E-state index in [0.29, 0.717) is 48.9 Å². The number of benzene rings is 3. The molecule has 0 saturated carbocycles. The van der Waals surface area contributed by atoms with Crippen molar-refractivity contribution in [2.45, 2.75) is 50.4 Å². The quantitative estimate of drug-likeness (QED) is 0.333. The van der Waals surface area contributed by atoms with Crippen LogP contribution in [0.4, 0.5) is 0 Å². The molecule has 3 heterocycles. The first kappa shape index (κ1) is 27.7. The Labute approximate surface area is 240 Å². The SMILES string of the molecule is COCCCC1Oc2ccc3c(c2C(O)C1C1COc2c(Cc4cccc(O)c4)cc(OC)cc2C1O)CCCO3. The van der Waals surface area contributed by atoms with Crippen molar-refractivity contribution in [2.75, 3.05) is 34.0 Å². The molecular formula is C33H38O8. The molecule has 0 aliphatic carbocycles. The number of fused-ring (bicyclic) bond motifs is 4. The minimum Gasteiger partial charge on any atom is -0.508 e. The van der Waals surface area contributed by atoms with Gasteiger partial charge >= 0.3 is 0 Å². The number of phenols is 1. The zero-order valence-corrected chi connectivity index (χ0v) is 23.5. The van der Waals surface area contributed by atoms with Crippen LogP contribution in [0.15, 0.2) is 48.5 Å². The molecule has 5 atom stereocenters. The monoisotopic (exact) mass is 562 g/mol. The molecule has 0 fully saturated rings. The fourth-order valence-corrected chi connectivity index (χ4v) is 6.74. The predicted octanol–water partition coefficient (Wildman–Crippen LogP) is 4.90. The molecule has 0 radical (unpaired) electrons. The highest BCUT2D eigenvalue weighted by molar-refractivity contribution is 5.54. The van der Waals surface area contributed by atoms with E-state index in [2.05, 4.69) is 0 Å². The number of hydrogen-bond acceptors (Lipinski definition) is 8. The Morgan fingerprint density at radius 2 is 1.83 bits per heavy atom. The van der Waals surface area contributed by atoms with Crippen LogP contribution in [0.25, 0.3) is 0 Å². The molecule has 41 heavy (non-hydrogen) atoms. The number of methoxy groups -OCH3 is 2. The van der Waals surface area contributed by atoms with Crippen LogP contribution in [-0.2, 0) is 17.6 Å². The third-order valence-electron chi connectivity index (χ3n) is 8.66. The lowest BCUT2D eigenvalue weighted by Gasteiger charge is -2.45. The molecular weight excluding hydrogens is 524 g/mol. The first-order chi connectivity index (χ1) is 20.0. The standard InChI is InChI=1S/C33H38O8/c1-37-12-5-9-27-30(32(36)29-23-8-4-13-39-26(23)10-11-28(29)41-27)25-18-40-33-20(14-19-6-3-7-21(34)15-19)16-22(38-2)17-24(33)31(25)35/h3,6-7,10-11,15-17,25,27,30-32,34-36H,4-5,8-9,12-14,18H2,1-2H3. The van der Waals surface area contributed by atoms with Crippen molar-refractivity contribution in [3.63, 3.8) is 0 Å². The maximum atomic E-state index is 12.0. The lowest BCUT2D eigenvalue weighted by atomic mass is 9.71. The van der Waals surface area contributed by atoms with Crippen LogP contribution >= 0.6 is 0 Å². The van der Waals surface area contributed by atoms with Crippen LogP contribution in [0.2, 0.25) is 0 Å². The van der Waals surface area contributed by atoms with Crippen molar-refractivity contribution in [2.24, 2.45) is 11.8 Å². The predicted molar refractivity (Wildman–Crippen MR) is 152 cm³/mol. The van der Waals surface area contributed by atoms with Crippen LogP contribution in [0.1, 0.15) is 59.3 Å². The molecule has 0 aromatic heterocycles. The molecule has 3 aliphatic rings. The number of aliphatic hydroxyl groups excluding tert-OH is 2. The average molecular weight is 563 g/mol. The maximum Gasteiger partial charge on any atom is 0.128 e. The van der Waals surface area contributed by atoms with E-state index in [1.807, 2.05) is 30.3 Å². The van der Waals surface area contributed by atoms with Gasteiger partial charge in [0.2, 0.25) is 0 Å². The Morgan fingerprint density at radius 3 is 2.63 bits per heavy atom. The van der Waals surface area contributed by atoms with E-state index in [1.165, 1.54) is 0 Å². The minimum absolute atomic E-state index is 0.193. The van der Waals surface area contributed by atoms with Crippen molar-refractivity contribution in [1.82, 2.24) is 0 Å². The van der Waals surface area contributed by atoms with Crippen molar-refractivity contribution in [3.05, 3.63) is 76.3 Å². The summed E-state index contributed by atoms with van der Waals surface area (Å²) in [5.41, 5.74) is 4.16. The minimum atomic E-state index is -0.915. The topological polar surface area (TPSA) is 107 Å². The molecule has 8 nitrogen and oxygen atoms in total. The second-order valence-corrected chi connectivity index (χ2v) is 11.2. The van der Waals surface area contributed by atoms with E-state index >= 15 is 0 Å². The van der Waals surface area contributed by atoms with E-state index in [-0.39, 0.29) is 18.5 Å². The molecule has 5 unspecified atom stereocenters. The molecule has 6 rings (SSSR count). The fourth-order valence-electron chi connectivity index (χ4n) is 6.74. The summed E-state index contributed by atoms with van der Waals surface area (Å²) in [6.07, 6.45) is 1.50. The number of rotatable bonds is 8. The lowest BCUT2D eigenvalue weighted by Crippen LogP contribution is -2.46. The zero-order chi connectivity index (χ0) is 28.5. The van der Waals surface area contributed by atoms with Gasteiger partial charge in [-0.2, -0.15) is 0 Å². The van der Waals surface area contributed by atoms with Gasteiger partial charge in [0.25, 0.3) is 0 Å². The van der Waals surface area contributed by atoms with Gasteiger partial charge in [0.15, 0.2) is 0 Å². The van der Waals surface area contributed by atoms with Crippen molar-refractivity contribution in [3.8, 4) is 28.7 Å². The fraction of sp³-hybridized carbons (Fsp3) is 0.455. The van der Waals surface area contributed by atoms with Gasteiger partial charge in [-0.1, -0.05) is 12.1 Å². The van der Waals surface area contributed by atoms with E-state index in [1.54, 1.807) is 32.4 Å². The highest BCUT2D eigenvalue weighted by Gasteiger charge is 2.48. The van der Waals surface area contributed by atoms with Gasteiger partial charge in [0, 0.05) is 54.2 Å². The normalized spacial score (nSPS) is 24.6. The van der Waals surface area contributed by atoms with E-state index in [0.717, 1.165) is 47.3 Å². The molecule has 3 aliphatic heterocycles. The third kappa shape index (κ3) is 5.32. The van der Waals surface area contributed by atoms with Crippen molar-refractivity contribution < 1.29 is 39.0 Å². The molecule has 0 bridgehead atoms. The van der Waals surface area contributed by atoms with Crippen LogP contribution in [0.3, 0.4) is 0 Å². The largest absolute Gasteiger partial charge is 0.508 e. The molecule has 8 heteroatoms. The molecule has 0 spiro atoms. The smallest absolute Gasteiger partial charge is 0.128 e. The maximum absolute atomic E-state index is 12.0. The number of hydrogen-bond donors (Lipinski definition) is 3. The summed E-state index contributed by atoms with van der Waals surface area (Å²) >= 11 is 0. The number of aliphatic hydroxyl groups is 2. The molecule has 0 amide bonds. The zero-order valence-electron chi connectivity index (χ0n) is 23.5. The van der Waals surface area contributed by atoms with Crippen LogP contribution in [-0.4, -0.2) is 55.5 Å². The Kier molecular flexibility index (Phi) is 7.97. The second-order valence-electron chi connectivity index (χ2n) is 11.2. The molecule has 0 saturated heterocycles. The lowest BCUT2D eigenvalue weighted by molar-refractivity contribution is -0.0894. The molecule has 218 valence electrons. The highest BCUT2D eigenvalue weighted by Crippen LogP contribution is 2.52. The average Bonchev–Trinajstić information content (AvgIpc) is 2.98. The summed E-state index contributed by atoms with van der Waals surface area (Å²) in [4.78, 5) is 0. The first-order valence-electron chi connectivity index (χ1n) is 14.4. The summed E-state index contributed by atoms with van der Waals surface area (Å²) in [5, 5.41) is 33.9. The van der Waals surface area contributed by atoms with E-state index < -0.39 is 24.0 Å². The van der Waals surface area contributed by atoms with Gasteiger partial charge in [0.05, 0.1) is 32.5 Å². The Morgan fingerprint density at radius 1 is 0.976 bits per heavy atom. The Bertz CT molecular complexity index is 1390. The van der Waals surface area contributed by atoms with Gasteiger partial charge in [-0.25, -0.2) is 0 Å². The van der Waals surface area contributed by atoms with Crippen LogP contribution < -0.4 is 18.9 Å².